The summed E-state index contributed by atoms with van der Waals surface area (Å²) < 4.78 is 0. The Balaban J connectivity index is 1.46. The van der Waals surface area contributed by atoms with Crippen LogP contribution in [0.25, 0.3) is 0 Å². The predicted octanol–water partition coefficient (Wildman–Crippen LogP) is 2.35. The molecule has 0 aromatic rings. The summed E-state index contributed by atoms with van der Waals surface area (Å²) in [6, 6.07) is 0.704. The molecule has 3 rings (SSSR count). The Bertz CT molecular complexity index is 257. The normalized spacial score (nSPS) is 32.8. The molecule has 1 unspecified atom stereocenters. The van der Waals surface area contributed by atoms with Gasteiger partial charge in [-0.05, 0) is 43.1 Å². The first-order valence-corrected chi connectivity index (χ1v) is 8.00. The van der Waals surface area contributed by atoms with Gasteiger partial charge in [-0.3, -0.25) is 4.99 Å². The molecule has 1 N–H and O–H groups in total. The van der Waals surface area contributed by atoms with Gasteiger partial charge in [0.1, 0.15) is 0 Å². The van der Waals surface area contributed by atoms with Crippen LogP contribution in [-0.4, -0.2) is 34.5 Å². The summed E-state index contributed by atoms with van der Waals surface area (Å²) in [5.74, 6) is 3.63. The third-order valence-electron chi connectivity index (χ3n) is 3.37. The van der Waals surface area contributed by atoms with Crippen LogP contribution in [0.5, 0.6) is 0 Å². The van der Waals surface area contributed by atoms with E-state index in [0.29, 0.717) is 6.04 Å². The van der Waals surface area contributed by atoms with Gasteiger partial charge in [-0.2, -0.15) is 11.8 Å². The van der Waals surface area contributed by atoms with Crippen LogP contribution in [-0.2, 0) is 0 Å². The van der Waals surface area contributed by atoms with Crippen molar-refractivity contribution in [3.05, 3.63) is 0 Å². The molecule has 2 aliphatic heterocycles. The van der Waals surface area contributed by atoms with E-state index in [2.05, 4.69) is 22.1 Å². The zero-order valence-electron chi connectivity index (χ0n) is 8.95. The van der Waals surface area contributed by atoms with Crippen molar-refractivity contribution < 1.29 is 0 Å². The Morgan fingerprint density at radius 2 is 1.93 bits per heavy atom. The van der Waals surface area contributed by atoms with E-state index in [1.807, 2.05) is 11.8 Å². The van der Waals surface area contributed by atoms with Gasteiger partial charge in [-0.1, -0.05) is 11.8 Å². The average molecular weight is 242 g/mol. The molecule has 0 amide bonds. The number of nitrogens with zero attached hydrogens (tertiary/aromatic N) is 1. The van der Waals surface area contributed by atoms with Gasteiger partial charge in [0.2, 0.25) is 0 Å². The van der Waals surface area contributed by atoms with Crippen LogP contribution in [0.2, 0.25) is 0 Å². The second-order valence-electron chi connectivity index (χ2n) is 4.67. The van der Waals surface area contributed by atoms with E-state index < -0.39 is 0 Å². The van der Waals surface area contributed by atoms with Crippen LogP contribution in [0, 0.1) is 5.92 Å². The maximum absolute atomic E-state index is 4.63. The van der Waals surface area contributed by atoms with Crippen LogP contribution in [0.3, 0.4) is 0 Å². The Morgan fingerprint density at radius 3 is 2.67 bits per heavy atom. The standard InChI is InChI=1S/C11H18N2S2/c1-2-8(1)10-7-12-11(15-10)13-9-3-5-14-6-4-9/h8-10H,1-7H2,(H,12,13). The first-order chi connectivity index (χ1) is 7.42. The topological polar surface area (TPSA) is 24.4 Å². The van der Waals surface area contributed by atoms with Gasteiger partial charge in [0, 0.05) is 11.3 Å². The van der Waals surface area contributed by atoms with Crippen molar-refractivity contribution in [2.75, 3.05) is 18.1 Å². The van der Waals surface area contributed by atoms with Crippen molar-refractivity contribution >= 4 is 28.7 Å². The molecule has 0 spiro atoms. The molecule has 1 saturated carbocycles. The highest BCUT2D eigenvalue weighted by molar-refractivity contribution is 8.14. The first-order valence-electron chi connectivity index (χ1n) is 5.97. The number of rotatable bonds is 2. The van der Waals surface area contributed by atoms with E-state index in [9.17, 15) is 0 Å². The Morgan fingerprint density at radius 1 is 1.13 bits per heavy atom. The zero-order chi connectivity index (χ0) is 10.1. The quantitative estimate of drug-likeness (QED) is 0.804. The van der Waals surface area contributed by atoms with E-state index in [1.54, 1.807) is 0 Å². The molecular weight excluding hydrogens is 224 g/mol. The molecule has 0 bridgehead atoms. The predicted molar refractivity (Wildman–Crippen MR) is 69.9 cm³/mol. The second kappa shape index (κ2) is 4.58. The maximum Gasteiger partial charge on any atom is 0.157 e. The Hall–Kier alpha value is 0.170. The van der Waals surface area contributed by atoms with Crippen LogP contribution in [0.15, 0.2) is 4.99 Å². The van der Waals surface area contributed by atoms with Crippen molar-refractivity contribution in [2.24, 2.45) is 10.9 Å². The summed E-state index contributed by atoms with van der Waals surface area (Å²) in [6.07, 6.45) is 5.53. The van der Waals surface area contributed by atoms with E-state index in [-0.39, 0.29) is 0 Å². The molecule has 84 valence electrons. The van der Waals surface area contributed by atoms with Crippen LogP contribution < -0.4 is 5.32 Å². The first kappa shape index (κ1) is 10.3. The van der Waals surface area contributed by atoms with Crippen LogP contribution >= 0.6 is 23.5 Å². The van der Waals surface area contributed by atoms with E-state index in [4.69, 9.17) is 0 Å². The minimum Gasteiger partial charge on any atom is -0.362 e. The molecule has 0 aromatic carbocycles. The minimum atomic E-state index is 0.704. The fourth-order valence-corrected chi connectivity index (χ4v) is 4.59. The Kier molecular flexibility index (Phi) is 3.15. The number of amidine groups is 1. The highest BCUT2D eigenvalue weighted by Gasteiger charge is 2.35. The van der Waals surface area contributed by atoms with Gasteiger partial charge >= 0.3 is 0 Å². The van der Waals surface area contributed by atoms with Gasteiger partial charge in [-0.15, -0.1) is 0 Å². The summed E-state index contributed by atoms with van der Waals surface area (Å²) >= 11 is 4.09. The zero-order valence-corrected chi connectivity index (χ0v) is 10.6. The lowest BCUT2D eigenvalue weighted by Gasteiger charge is -2.23. The van der Waals surface area contributed by atoms with Crippen molar-refractivity contribution in [3.63, 3.8) is 0 Å². The third-order valence-corrected chi connectivity index (χ3v) is 5.73. The molecule has 2 fully saturated rings. The molecular formula is C11H18N2S2. The summed E-state index contributed by atoms with van der Waals surface area (Å²) in [7, 11) is 0. The maximum atomic E-state index is 4.63. The average Bonchev–Trinajstić information content (AvgIpc) is 3.02. The van der Waals surface area contributed by atoms with Crippen LogP contribution in [0.1, 0.15) is 25.7 Å². The highest BCUT2D eigenvalue weighted by atomic mass is 32.2. The van der Waals surface area contributed by atoms with Gasteiger partial charge in [0.05, 0.1) is 6.54 Å². The van der Waals surface area contributed by atoms with Crippen molar-refractivity contribution in [1.82, 2.24) is 5.32 Å². The van der Waals surface area contributed by atoms with Gasteiger partial charge in [-0.25, -0.2) is 0 Å². The molecule has 0 aromatic heterocycles. The summed E-state index contributed by atoms with van der Waals surface area (Å²) in [5.41, 5.74) is 0. The SMILES string of the molecule is C1CC(NC2=NCC(C3CC3)S2)CCS1. The largest absolute Gasteiger partial charge is 0.362 e. The monoisotopic (exact) mass is 242 g/mol. The molecule has 3 aliphatic rings. The van der Waals surface area contributed by atoms with Gasteiger partial charge in [0.25, 0.3) is 0 Å². The molecule has 1 saturated heterocycles. The third kappa shape index (κ3) is 2.64. The van der Waals surface area contributed by atoms with Gasteiger partial charge in [0.15, 0.2) is 5.17 Å². The lowest BCUT2D eigenvalue weighted by atomic mass is 10.2. The lowest BCUT2D eigenvalue weighted by molar-refractivity contribution is 0.570. The van der Waals surface area contributed by atoms with Crippen molar-refractivity contribution in [2.45, 2.75) is 37.0 Å². The molecule has 1 atom stereocenters. The molecule has 4 heteroatoms. The van der Waals surface area contributed by atoms with E-state index in [0.717, 1.165) is 17.7 Å². The Labute approximate surface area is 100 Å². The number of hydrogen-bond donors (Lipinski definition) is 1. The molecule has 1 aliphatic carbocycles. The van der Waals surface area contributed by atoms with E-state index >= 15 is 0 Å². The van der Waals surface area contributed by atoms with Crippen molar-refractivity contribution in [1.29, 1.82) is 0 Å². The fraction of sp³-hybridized carbons (Fsp3) is 0.909. The molecule has 15 heavy (non-hydrogen) atoms. The molecule has 2 heterocycles. The number of hydrogen-bond acceptors (Lipinski definition) is 4. The molecule has 0 radical (unpaired) electrons. The number of aliphatic imine (C=N–C) groups is 1. The number of thioether (sulfide) groups is 2. The number of nitrogens with one attached hydrogen (secondary N) is 1. The summed E-state index contributed by atoms with van der Waals surface area (Å²) in [5, 5.41) is 5.68. The van der Waals surface area contributed by atoms with Gasteiger partial charge < -0.3 is 5.32 Å². The smallest absolute Gasteiger partial charge is 0.157 e. The second-order valence-corrected chi connectivity index (χ2v) is 7.12. The van der Waals surface area contributed by atoms with Crippen molar-refractivity contribution in [3.8, 4) is 0 Å². The summed E-state index contributed by atoms with van der Waals surface area (Å²) in [4.78, 5) is 4.63. The fourth-order valence-electron chi connectivity index (χ4n) is 2.20. The minimum absolute atomic E-state index is 0.704. The molecule has 2 nitrogen and oxygen atoms in total. The van der Waals surface area contributed by atoms with E-state index in [1.165, 1.54) is 42.4 Å². The highest BCUT2D eigenvalue weighted by Crippen LogP contribution is 2.41. The van der Waals surface area contributed by atoms with Crippen LogP contribution in [0.4, 0.5) is 0 Å². The summed E-state index contributed by atoms with van der Waals surface area (Å²) in [6.45, 7) is 1.07. The lowest BCUT2D eigenvalue weighted by Crippen LogP contribution is -2.35.